The van der Waals surface area contributed by atoms with Crippen molar-refractivity contribution in [2.75, 3.05) is 19.5 Å². The van der Waals surface area contributed by atoms with E-state index in [0.29, 0.717) is 17.9 Å². The number of methoxy groups -OCH3 is 1. The van der Waals surface area contributed by atoms with E-state index < -0.39 is 0 Å². The zero-order valence-electron chi connectivity index (χ0n) is 9.76. The van der Waals surface area contributed by atoms with Gasteiger partial charge in [-0.25, -0.2) is 0 Å². The molecule has 17 heavy (non-hydrogen) atoms. The molecular formula is C12H14O4S. The van der Waals surface area contributed by atoms with E-state index in [1.807, 2.05) is 0 Å². The zero-order valence-corrected chi connectivity index (χ0v) is 10.6. The van der Waals surface area contributed by atoms with E-state index in [1.165, 1.54) is 18.9 Å². The molecule has 0 unspecified atom stereocenters. The summed E-state index contributed by atoms with van der Waals surface area (Å²) in [6, 6.07) is 5.17. The molecule has 0 amide bonds. The Labute approximate surface area is 104 Å². The predicted octanol–water partition coefficient (Wildman–Crippen LogP) is 2.16. The van der Waals surface area contributed by atoms with Gasteiger partial charge in [0.05, 0.1) is 25.0 Å². The van der Waals surface area contributed by atoms with Crippen molar-refractivity contribution in [2.45, 2.75) is 11.8 Å². The van der Waals surface area contributed by atoms with Crippen LogP contribution in [0.2, 0.25) is 0 Å². The summed E-state index contributed by atoms with van der Waals surface area (Å²) >= 11 is 1.35. The summed E-state index contributed by atoms with van der Waals surface area (Å²) in [7, 11) is 1.50. The second-order valence-corrected chi connectivity index (χ2v) is 4.16. The van der Waals surface area contributed by atoms with Crippen LogP contribution in [-0.2, 0) is 9.53 Å². The molecule has 0 aliphatic carbocycles. The lowest BCUT2D eigenvalue weighted by molar-refractivity contribution is -0.139. The van der Waals surface area contributed by atoms with Crippen LogP contribution < -0.4 is 4.74 Å². The van der Waals surface area contributed by atoms with Crippen LogP contribution in [0.25, 0.3) is 0 Å². The van der Waals surface area contributed by atoms with Gasteiger partial charge in [-0.1, -0.05) is 0 Å². The number of aldehydes is 1. The first kappa shape index (κ1) is 13.6. The van der Waals surface area contributed by atoms with Gasteiger partial charge in [0.2, 0.25) is 0 Å². The number of esters is 1. The van der Waals surface area contributed by atoms with Crippen LogP contribution >= 0.6 is 11.8 Å². The molecule has 0 spiro atoms. The fourth-order valence-electron chi connectivity index (χ4n) is 1.22. The number of thioether (sulfide) groups is 1. The molecule has 0 saturated heterocycles. The highest BCUT2D eigenvalue weighted by atomic mass is 32.2. The van der Waals surface area contributed by atoms with Crippen LogP contribution in [0.15, 0.2) is 23.1 Å². The topological polar surface area (TPSA) is 52.6 Å². The number of hydrogen-bond donors (Lipinski definition) is 0. The van der Waals surface area contributed by atoms with E-state index in [1.54, 1.807) is 25.1 Å². The summed E-state index contributed by atoms with van der Waals surface area (Å²) in [6.07, 6.45) is 0.735. The highest BCUT2D eigenvalue weighted by Crippen LogP contribution is 2.25. The van der Waals surface area contributed by atoms with Gasteiger partial charge in [0.25, 0.3) is 0 Å². The minimum atomic E-state index is -0.254. The molecule has 0 aliphatic rings. The molecule has 1 aromatic carbocycles. The number of carbonyl (C=O) groups is 2. The van der Waals surface area contributed by atoms with Crippen LogP contribution in [0.5, 0.6) is 5.75 Å². The van der Waals surface area contributed by atoms with E-state index in [2.05, 4.69) is 0 Å². The van der Waals surface area contributed by atoms with Crippen molar-refractivity contribution in [1.29, 1.82) is 0 Å². The smallest absolute Gasteiger partial charge is 0.316 e. The first-order valence-electron chi connectivity index (χ1n) is 5.13. The molecule has 1 rings (SSSR count). The molecular weight excluding hydrogens is 240 g/mol. The molecule has 0 atom stereocenters. The normalized spacial score (nSPS) is 9.76. The van der Waals surface area contributed by atoms with Crippen molar-refractivity contribution in [3.63, 3.8) is 0 Å². The van der Waals surface area contributed by atoms with Gasteiger partial charge in [-0.15, -0.1) is 11.8 Å². The molecule has 0 aromatic heterocycles. The average molecular weight is 254 g/mol. The Kier molecular flexibility index (Phi) is 5.56. The Hall–Kier alpha value is -1.49. The highest BCUT2D eigenvalue weighted by molar-refractivity contribution is 8.00. The van der Waals surface area contributed by atoms with E-state index in [-0.39, 0.29) is 11.7 Å². The van der Waals surface area contributed by atoms with Crippen LogP contribution in [-0.4, -0.2) is 31.7 Å². The van der Waals surface area contributed by atoms with Crippen molar-refractivity contribution in [3.05, 3.63) is 23.8 Å². The van der Waals surface area contributed by atoms with Gasteiger partial charge in [-0.2, -0.15) is 0 Å². The molecule has 0 aliphatic heterocycles. The Bertz CT molecular complexity index is 403. The van der Waals surface area contributed by atoms with Crippen LogP contribution in [0, 0.1) is 0 Å². The molecule has 92 valence electrons. The van der Waals surface area contributed by atoms with Crippen molar-refractivity contribution >= 4 is 24.0 Å². The van der Waals surface area contributed by atoms with Gasteiger partial charge in [0.1, 0.15) is 5.75 Å². The molecule has 1 aromatic rings. The fourth-order valence-corrected chi connectivity index (χ4v) is 1.95. The minimum absolute atomic E-state index is 0.247. The lowest BCUT2D eigenvalue weighted by Gasteiger charge is -2.06. The van der Waals surface area contributed by atoms with E-state index >= 15 is 0 Å². The van der Waals surface area contributed by atoms with Gasteiger partial charge in [0, 0.05) is 4.90 Å². The molecule has 5 heteroatoms. The summed E-state index contributed by atoms with van der Waals surface area (Å²) < 4.78 is 9.89. The Morgan fingerprint density at radius 2 is 2.24 bits per heavy atom. The van der Waals surface area contributed by atoms with Gasteiger partial charge in [0.15, 0.2) is 6.29 Å². The summed E-state index contributed by atoms with van der Waals surface area (Å²) in [5.74, 6) is 0.502. The second-order valence-electron chi connectivity index (χ2n) is 3.12. The molecule has 0 heterocycles. The number of rotatable bonds is 6. The number of hydrogen-bond acceptors (Lipinski definition) is 5. The number of carbonyl (C=O) groups excluding carboxylic acids is 2. The van der Waals surface area contributed by atoms with Crippen molar-refractivity contribution in [1.82, 2.24) is 0 Å². The average Bonchev–Trinajstić information content (AvgIpc) is 2.36. The van der Waals surface area contributed by atoms with E-state index in [0.717, 1.165) is 11.2 Å². The molecule has 4 nitrogen and oxygen atoms in total. The van der Waals surface area contributed by atoms with Crippen molar-refractivity contribution in [2.24, 2.45) is 0 Å². The summed E-state index contributed by atoms with van der Waals surface area (Å²) in [5.41, 5.74) is 0.494. The third-order valence-corrected chi connectivity index (χ3v) is 2.96. The monoisotopic (exact) mass is 254 g/mol. The summed E-state index contributed by atoms with van der Waals surface area (Å²) in [6.45, 7) is 2.15. The number of benzene rings is 1. The maximum Gasteiger partial charge on any atom is 0.316 e. The minimum Gasteiger partial charge on any atom is -0.496 e. The Balaban J connectivity index is 2.66. The van der Waals surface area contributed by atoms with Gasteiger partial charge < -0.3 is 9.47 Å². The molecule has 0 N–H and O–H groups in total. The standard InChI is InChI=1S/C12H14O4S/c1-3-16-12(14)8-17-10-5-4-9(7-13)11(6-10)15-2/h4-7H,3,8H2,1-2H3. The molecule has 0 radical (unpaired) electrons. The maximum atomic E-state index is 11.2. The van der Waals surface area contributed by atoms with Crippen molar-refractivity contribution < 1.29 is 19.1 Å². The first-order valence-corrected chi connectivity index (χ1v) is 6.11. The summed E-state index contributed by atoms with van der Waals surface area (Å²) in [4.78, 5) is 22.7. The highest BCUT2D eigenvalue weighted by Gasteiger charge is 2.06. The fraction of sp³-hybridized carbons (Fsp3) is 0.333. The first-order chi connectivity index (χ1) is 8.21. The lowest BCUT2D eigenvalue weighted by Crippen LogP contribution is -2.06. The lowest BCUT2D eigenvalue weighted by atomic mass is 10.2. The quantitative estimate of drug-likeness (QED) is 0.442. The van der Waals surface area contributed by atoms with Crippen LogP contribution in [0.1, 0.15) is 17.3 Å². The molecule has 0 saturated carbocycles. The Morgan fingerprint density at radius 3 is 2.82 bits per heavy atom. The molecule has 0 fully saturated rings. The van der Waals surface area contributed by atoms with Gasteiger partial charge >= 0.3 is 5.97 Å². The zero-order chi connectivity index (χ0) is 12.7. The largest absolute Gasteiger partial charge is 0.496 e. The number of ether oxygens (including phenoxy) is 2. The Morgan fingerprint density at radius 1 is 1.47 bits per heavy atom. The third kappa shape index (κ3) is 4.11. The maximum absolute atomic E-state index is 11.2. The molecule has 0 bridgehead atoms. The van der Waals surface area contributed by atoms with Crippen molar-refractivity contribution in [3.8, 4) is 5.75 Å². The van der Waals surface area contributed by atoms with Gasteiger partial charge in [-0.05, 0) is 25.1 Å². The van der Waals surface area contributed by atoms with E-state index in [9.17, 15) is 9.59 Å². The SMILES string of the molecule is CCOC(=O)CSc1ccc(C=O)c(OC)c1. The van der Waals surface area contributed by atoms with E-state index in [4.69, 9.17) is 9.47 Å². The van der Waals surface area contributed by atoms with Crippen LogP contribution in [0.3, 0.4) is 0 Å². The van der Waals surface area contributed by atoms with Gasteiger partial charge in [-0.3, -0.25) is 9.59 Å². The second kappa shape index (κ2) is 6.96. The third-order valence-electron chi connectivity index (χ3n) is 1.99. The predicted molar refractivity (Wildman–Crippen MR) is 65.7 cm³/mol. The summed E-state index contributed by atoms with van der Waals surface area (Å²) in [5, 5.41) is 0. The van der Waals surface area contributed by atoms with Crippen LogP contribution in [0.4, 0.5) is 0 Å².